The fourth-order valence-corrected chi connectivity index (χ4v) is 17.8. The Kier molecular flexibility index (Phi) is 37.7. The number of aryl methyl sites for hydroxylation is 4. The van der Waals surface area contributed by atoms with Gasteiger partial charge in [0.1, 0.15) is 121 Å². The molecule has 0 aromatic carbocycles. The number of likely N-dealkylation sites (tertiary alicyclic amines) is 3. The lowest BCUT2D eigenvalue weighted by Crippen LogP contribution is -2.55. The maximum atomic E-state index is 13.8. The first-order valence-electron chi connectivity index (χ1n) is 44.0. The number of pyridine rings is 4. The molecule has 7 aromatic heterocycles. The lowest BCUT2D eigenvalue weighted by molar-refractivity contribution is 0.0390. The van der Waals surface area contributed by atoms with Gasteiger partial charge in [0.05, 0.1) is 33.9 Å². The highest BCUT2D eigenvalue weighted by atomic mass is 79.9. The van der Waals surface area contributed by atoms with Gasteiger partial charge in [0, 0.05) is 109 Å². The van der Waals surface area contributed by atoms with Crippen LogP contribution in [-0.2, 0) is 41.6 Å². The van der Waals surface area contributed by atoms with Crippen molar-refractivity contribution in [3.63, 3.8) is 0 Å². The van der Waals surface area contributed by atoms with Crippen LogP contribution in [0.25, 0.3) is 0 Å². The number of nitrogens with two attached hydrogens (primary N) is 2. The average Bonchev–Trinajstić information content (AvgIpc) is 1.59. The number of anilines is 8. The molecule has 40 nitrogen and oxygen atoms in total. The van der Waals surface area contributed by atoms with Crippen LogP contribution in [0.15, 0.2) is 89.6 Å². The molecule has 0 aliphatic carbocycles. The smallest absolute Gasteiger partial charge is 0.425 e. The number of ether oxygens (including phenoxy) is 4. The van der Waals surface area contributed by atoms with Crippen LogP contribution >= 0.6 is 60.2 Å². The zero-order valence-electron chi connectivity index (χ0n) is 79.7. The molecule has 774 valence electrons. The molecule has 141 heavy (non-hydrogen) atoms. The molecule has 4 spiro atoms. The summed E-state index contributed by atoms with van der Waals surface area (Å²) in [6.07, 6.45) is -6.21. The summed E-state index contributed by atoms with van der Waals surface area (Å²) >= 11 is 9.08. The molecule has 8 amide bonds. The fourth-order valence-electron chi connectivity index (χ4n) is 16.8. The first-order valence-corrected chi connectivity index (χ1v) is 46.7. The van der Waals surface area contributed by atoms with Crippen molar-refractivity contribution in [1.82, 2.24) is 89.5 Å². The van der Waals surface area contributed by atoms with Crippen LogP contribution in [0.4, 0.5) is 101 Å². The second kappa shape index (κ2) is 46.3. The summed E-state index contributed by atoms with van der Waals surface area (Å²) in [7, 11) is 0. The highest BCUT2D eigenvalue weighted by Gasteiger charge is 2.52. The van der Waals surface area contributed by atoms with E-state index in [1.165, 1.54) is 44.3 Å². The van der Waals surface area contributed by atoms with Crippen LogP contribution in [0.3, 0.4) is 0 Å². The Bertz CT molecular complexity index is 5970. The summed E-state index contributed by atoms with van der Waals surface area (Å²) < 4.78 is 126. The Morgan fingerprint density at radius 1 is 0.404 bits per heavy atom. The Morgan fingerprint density at radius 3 is 0.936 bits per heavy atom. The molecule has 0 saturated carbocycles. The second-order valence-corrected chi connectivity index (χ2v) is 40.2. The number of imide groups is 2. The van der Waals surface area contributed by atoms with E-state index >= 15 is 0 Å². The molecule has 15 heterocycles. The minimum Gasteiger partial charge on any atom is -0.443 e. The number of nitrogen functional groups attached to an aromatic ring is 2. The zero-order chi connectivity index (χ0) is 103. The molecule has 11 N–H and O–H groups in total. The first-order chi connectivity index (χ1) is 64.7. The Balaban J connectivity index is 0.000000219. The predicted molar refractivity (Wildman–Crippen MR) is 521 cm³/mol. The summed E-state index contributed by atoms with van der Waals surface area (Å²) in [6, 6.07) is 10.5. The molecular formula is C89H118Br3ClF8N24O16. The number of hydrogen-bond donors (Lipinski definition) is 9. The number of aromatic nitrogens is 10. The highest BCUT2D eigenvalue weighted by molar-refractivity contribution is 9.10. The SMILES string of the molecule is C.CC(C)(C)OC(=O)N(C(=O)OC(C)(C)C)c1cc(N)ncn1.Cc1cc(Br)c(=O)n2c1C(=O)NC21CCN(CC(F)F)CC1.Cc1cc(Br)c(=O)n2c1C(=O)NC21CCNCC1.Cc1cc(Nc2cc(N(C(=O)OC(C)(C)C)C(=O)OC(C)(C)C)ncn2)c(=O)n2c1C(=O)NC21CCN(CC(F)F)CC1.Cc1cc(Nc2cc(N)ncn2)c(=O)n2c1C(=O)NC21CCN(CC(F)F)CC1.Cl.FC(F)CBr. The Labute approximate surface area is 837 Å². The molecule has 8 aliphatic rings. The number of alkyl halides is 9. The number of amides is 8. The number of rotatable bonds is 13. The number of hydrogen-bond acceptors (Lipinski definition) is 30. The number of nitrogens with one attached hydrogen (secondary N) is 7. The van der Waals surface area contributed by atoms with E-state index in [2.05, 4.69) is 115 Å². The van der Waals surface area contributed by atoms with Gasteiger partial charge < -0.3 is 67.6 Å². The Hall–Kier alpha value is -11.4. The number of halogens is 12. The van der Waals surface area contributed by atoms with Crippen molar-refractivity contribution in [1.29, 1.82) is 0 Å². The molecule has 4 saturated heterocycles. The molecule has 7 aromatic rings. The predicted octanol–water partition coefficient (Wildman–Crippen LogP) is 13.0. The van der Waals surface area contributed by atoms with E-state index in [1.807, 2.05) is 6.92 Å². The van der Waals surface area contributed by atoms with E-state index in [1.54, 1.807) is 141 Å². The van der Waals surface area contributed by atoms with E-state index in [4.69, 9.17) is 30.4 Å². The van der Waals surface area contributed by atoms with Crippen LogP contribution in [-0.4, -0.2) is 236 Å². The minimum absolute atomic E-state index is 0. The van der Waals surface area contributed by atoms with Gasteiger partial charge in [0.15, 0.2) is 11.6 Å². The van der Waals surface area contributed by atoms with E-state index in [-0.39, 0.29) is 151 Å². The maximum Gasteiger partial charge on any atom is 0.425 e. The van der Waals surface area contributed by atoms with Gasteiger partial charge in [0.2, 0.25) is 6.43 Å². The fraction of sp³-hybridized carbons (Fsp3) is 0.551. The zero-order valence-corrected chi connectivity index (χ0v) is 85.3. The number of carbonyl (C=O) groups is 8. The van der Waals surface area contributed by atoms with Gasteiger partial charge >= 0.3 is 24.4 Å². The highest BCUT2D eigenvalue weighted by Crippen LogP contribution is 2.40. The van der Waals surface area contributed by atoms with Crippen molar-refractivity contribution in [3.05, 3.63) is 157 Å². The average molecular weight is 2210 g/mol. The third-order valence-corrected chi connectivity index (χ3v) is 24.1. The van der Waals surface area contributed by atoms with Crippen LogP contribution < -0.4 is 80.7 Å². The van der Waals surface area contributed by atoms with Gasteiger partial charge in [-0.25, -0.2) is 84.2 Å². The molecule has 0 unspecified atom stereocenters. The number of piperidine rings is 4. The molecule has 15 rings (SSSR count). The van der Waals surface area contributed by atoms with Crippen molar-refractivity contribution < 1.29 is 92.4 Å². The van der Waals surface area contributed by atoms with Crippen molar-refractivity contribution in [2.75, 3.05) is 109 Å². The van der Waals surface area contributed by atoms with Gasteiger partial charge in [-0.15, -0.1) is 12.4 Å². The second-order valence-electron chi connectivity index (χ2n) is 37.8. The molecular weight excluding hydrogens is 2090 g/mol. The van der Waals surface area contributed by atoms with Gasteiger partial charge in [-0.2, -0.15) is 9.80 Å². The summed E-state index contributed by atoms with van der Waals surface area (Å²) in [5, 5.41) is 20.7. The lowest BCUT2D eigenvalue weighted by atomic mass is 9.96. The largest absolute Gasteiger partial charge is 0.443 e. The van der Waals surface area contributed by atoms with E-state index in [0.29, 0.717) is 105 Å². The van der Waals surface area contributed by atoms with Crippen molar-refractivity contribution in [2.45, 2.75) is 240 Å². The molecule has 0 radical (unpaired) electrons. The van der Waals surface area contributed by atoms with Crippen LogP contribution in [0.5, 0.6) is 0 Å². The van der Waals surface area contributed by atoms with E-state index in [9.17, 15) is 92.7 Å². The summed E-state index contributed by atoms with van der Waals surface area (Å²) in [5.41, 5.74) is 7.53. The number of nitrogens with zero attached hydrogens (tertiary/aromatic N) is 15. The molecule has 4 fully saturated rings. The molecule has 0 bridgehead atoms. The topological polar surface area (TPSA) is 491 Å². The quantitative estimate of drug-likeness (QED) is 0.0294. The third-order valence-electron chi connectivity index (χ3n) is 22.5. The lowest BCUT2D eigenvalue weighted by Gasteiger charge is -2.40. The van der Waals surface area contributed by atoms with E-state index < -0.39 is 107 Å². The summed E-state index contributed by atoms with van der Waals surface area (Å²) in [4.78, 5) is 182. The number of fused-ring (bicyclic) bond motifs is 8. The minimum atomic E-state index is -2.49. The van der Waals surface area contributed by atoms with E-state index in [0.717, 1.165) is 49.7 Å². The van der Waals surface area contributed by atoms with Crippen LogP contribution in [0.1, 0.15) is 206 Å². The summed E-state index contributed by atoms with van der Waals surface area (Å²) in [6.45, 7) is 29.8. The van der Waals surface area contributed by atoms with Gasteiger partial charge in [-0.3, -0.25) is 71.3 Å². The van der Waals surface area contributed by atoms with Crippen LogP contribution in [0, 0.1) is 27.7 Å². The van der Waals surface area contributed by atoms with Crippen molar-refractivity contribution in [2.24, 2.45) is 0 Å². The van der Waals surface area contributed by atoms with Crippen molar-refractivity contribution >= 4 is 154 Å². The first kappa shape index (κ1) is 115. The molecule has 0 atom stereocenters. The Morgan fingerprint density at radius 2 is 0.660 bits per heavy atom. The monoisotopic (exact) mass is 2200 g/mol. The molecule has 8 aliphatic heterocycles. The normalized spacial score (nSPS) is 16.8. The van der Waals surface area contributed by atoms with Crippen LogP contribution in [0.2, 0.25) is 0 Å². The van der Waals surface area contributed by atoms with Gasteiger partial charge in [-0.05, 0) is 202 Å². The maximum absolute atomic E-state index is 13.8. The number of carbonyl (C=O) groups excluding carboxylic acids is 8. The van der Waals surface area contributed by atoms with Crippen molar-refractivity contribution in [3.8, 4) is 0 Å². The van der Waals surface area contributed by atoms with Gasteiger partial charge in [-0.1, -0.05) is 23.4 Å². The van der Waals surface area contributed by atoms with Gasteiger partial charge in [0.25, 0.3) is 65.1 Å². The molecule has 52 heteroatoms. The third kappa shape index (κ3) is 28.2. The summed E-state index contributed by atoms with van der Waals surface area (Å²) in [5.74, 6) is -0.566. The standard InChI is InChI=1S/C28H37F2N7O6.C18H21F2N7O2.C14H16BrF2N3O2.C14H22N4O4.C12H14BrN3O2.C2H3BrF2.CH4.ClH/c1-16-12-17(23(39)37-21(16)22(38)34-28(37)8-10-35(11-9-28)14-18(29)30)33-19-13-20(32-15-31-19)36(24(40)42-26(2,3)4)25(41)43-27(5,6)7;1-10-6-11(24-14-7-13(21)22-9-23-14)17(29)27-15(10)16(28)25-18(27)2-4-26(5-3-18)8-12(19)20;1-8-6-9(15)13(22)20-11(8)12(21)18-14(20)2-4-19(5-3-14)7-10(16)17;1-13(2,3)21-11(19)18(12(20)22-14(4,5)6)10-7-9(15)16-8-17-10;1-7-6-8(13)11(18)16-9(7)10(17)15-12(16)2-4-14-5-3-12;3-1-2(4)5;;/h12-13,15,18H,8-11,14H2,1-7H3,(H,34,38)(H,31,32,33);6-7,9,12H,2-5,8H2,1H3,(H,25,28)(H3,21,22,23,24);6,10H,2-5,7H2,1H3,(H,18,21);7-8H,1-6H3,(H2,15,16,17);6,14H,2-5H2,1H3,(H,15,17);2H,1H2;1H4;1H.